The highest BCUT2D eigenvalue weighted by Gasteiger charge is 2.15. The number of halogens is 1. The summed E-state index contributed by atoms with van der Waals surface area (Å²) in [5.74, 6) is 0.338. The first-order valence-corrected chi connectivity index (χ1v) is 8.21. The zero-order valence-electron chi connectivity index (χ0n) is 12.0. The summed E-state index contributed by atoms with van der Waals surface area (Å²) in [6.45, 7) is 1.96. The van der Waals surface area contributed by atoms with E-state index in [-0.39, 0.29) is 5.91 Å². The first-order chi connectivity index (χ1) is 10.6. The van der Waals surface area contributed by atoms with Crippen molar-refractivity contribution in [3.8, 4) is 5.75 Å². The van der Waals surface area contributed by atoms with Gasteiger partial charge in [-0.3, -0.25) is 4.79 Å². The highest BCUT2D eigenvalue weighted by molar-refractivity contribution is 9.10. The number of methoxy groups -OCH3 is 1. The number of fused-ring (bicyclic) bond motifs is 1. The van der Waals surface area contributed by atoms with Crippen LogP contribution in [-0.2, 0) is 0 Å². The maximum absolute atomic E-state index is 12.5. The standard InChI is InChI=1S/C16H13BrN2O2S/c1-9-18-12-8-7-11(14(17)15(12)22-9)19-16(20)10-5-3-4-6-13(10)21-2/h3-8H,1-2H3,(H,19,20). The van der Waals surface area contributed by atoms with Gasteiger partial charge in [0.1, 0.15) is 5.75 Å². The topological polar surface area (TPSA) is 51.2 Å². The van der Waals surface area contributed by atoms with E-state index in [2.05, 4.69) is 26.2 Å². The van der Waals surface area contributed by atoms with Crippen molar-refractivity contribution in [3.05, 3.63) is 51.4 Å². The number of hydrogen-bond donors (Lipinski definition) is 1. The van der Waals surface area contributed by atoms with Gasteiger partial charge >= 0.3 is 0 Å². The van der Waals surface area contributed by atoms with Crippen LogP contribution >= 0.6 is 27.3 Å². The third-order valence-corrected chi connectivity index (χ3v) is 5.29. The van der Waals surface area contributed by atoms with Crippen LogP contribution in [0.25, 0.3) is 10.2 Å². The predicted octanol–water partition coefficient (Wildman–Crippen LogP) is 4.63. The van der Waals surface area contributed by atoms with Crippen LogP contribution in [0.1, 0.15) is 15.4 Å². The van der Waals surface area contributed by atoms with E-state index in [0.29, 0.717) is 17.0 Å². The van der Waals surface area contributed by atoms with Crippen LogP contribution < -0.4 is 10.1 Å². The Morgan fingerprint density at radius 1 is 1.27 bits per heavy atom. The average molecular weight is 377 g/mol. The summed E-state index contributed by atoms with van der Waals surface area (Å²) < 4.78 is 7.10. The van der Waals surface area contributed by atoms with Gasteiger partial charge in [-0.1, -0.05) is 12.1 Å². The molecule has 0 fully saturated rings. The second-order valence-electron chi connectivity index (χ2n) is 4.66. The van der Waals surface area contributed by atoms with Crippen LogP contribution in [-0.4, -0.2) is 18.0 Å². The molecule has 4 nitrogen and oxygen atoms in total. The van der Waals surface area contributed by atoms with Gasteiger partial charge < -0.3 is 10.1 Å². The number of para-hydroxylation sites is 1. The second-order valence-corrected chi connectivity index (χ2v) is 6.66. The molecule has 0 atom stereocenters. The van der Waals surface area contributed by atoms with Crippen LogP contribution in [0, 0.1) is 6.92 Å². The maximum atomic E-state index is 12.5. The van der Waals surface area contributed by atoms with Crippen molar-refractivity contribution in [1.29, 1.82) is 0 Å². The lowest BCUT2D eigenvalue weighted by Crippen LogP contribution is -2.13. The number of carbonyl (C=O) groups is 1. The first kappa shape index (κ1) is 15.0. The highest BCUT2D eigenvalue weighted by atomic mass is 79.9. The number of thiazole rings is 1. The van der Waals surface area contributed by atoms with Gasteiger partial charge in [0.05, 0.1) is 38.1 Å². The lowest BCUT2D eigenvalue weighted by atomic mass is 10.2. The van der Waals surface area contributed by atoms with Crippen LogP contribution in [0.15, 0.2) is 40.9 Å². The van der Waals surface area contributed by atoms with Crippen LogP contribution in [0.2, 0.25) is 0 Å². The van der Waals surface area contributed by atoms with E-state index in [1.54, 1.807) is 30.6 Å². The van der Waals surface area contributed by atoms with E-state index in [9.17, 15) is 4.79 Å². The highest BCUT2D eigenvalue weighted by Crippen LogP contribution is 2.35. The predicted molar refractivity (Wildman–Crippen MR) is 93.0 cm³/mol. The minimum atomic E-state index is -0.210. The normalized spacial score (nSPS) is 10.7. The molecule has 1 N–H and O–H groups in total. The molecule has 3 aromatic rings. The molecule has 0 bridgehead atoms. The Kier molecular flexibility index (Phi) is 4.13. The van der Waals surface area contributed by atoms with Crippen molar-refractivity contribution in [2.24, 2.45) is 0 Å². The zero-order valence-corrected chi connectivity index (χ0v) is 14.4. The molecule has 112 valence electrons. The largest absolute Gasteiger partial charge is 0.496 e. The molecular formula is C16H13BrN2O2S. The number of nitrogens with one attached hydrogen (secondary N) is 1. The molecule has 1 amide bonds. The Morgan fingerprint density at radius 3 is 2.82 bits per heavy atom. The van der Waals surface area contributed by atoms with Crippen LogP contribution in [0.4, 0.5) is 5.69 Å². The number of anilines is 1. The number of aromatic nitrogens is 1. The maximum Gasteiger partial charge on any atom is 0.259 e. The molecule has 0 unspecified atom stereocenters. The Balaban J connectivity index is 1.96. The third-order valence-electron chi connectivity index (χ3n) is 3.20. The minimum absolute atomic E-state index is 0.210. The number of nitrogens with zero attached hydrogens (tertiary/aromatic N) is 1. The van der Waals surface area contributed by atoms with Crippen molar-refractivity contribution >= 4 is 49.1 Å². The number of carbonyl (C=O) groups excluding carboxylic acids is 1. The van der Waals surface area contributed by atoms with E-state index in [1.807, 2.05) is 31.2 Å². The van der Waals surface area contributed by atoms with E-state index in [4.69, 9.17) is 4.74 Å². The summed E-state index contributed by atoms with van der Waals surface area (Å²) in [5.41, 5.74) is 2.13. The van der Waals surface area contributed by atoms with Crippen LogP contribution in [0.5, 0.6) is 5.75 Å². The van der Waals surface area contributed by atoms with E-state index < -0.39 is 0 Å². The lowest BCUT2D eigenvalue weighted by Gasteiger charge is -2.10. The monoisotopic (exact) mass is 376 g/mol. The van der Waals surface area contributed by atoms with Gasteiger partial charge in [-0.05, 0) is 47.1 Å². The lowest BCUT2D eigenvalue weighted by molar-refractivity contribution is 0.102. The van der Waals surface area contributed by atoms with E-state index in [1.165, 1.54) is 0 Å². The number of aryl methyl sites for hydroxylation is 1. The summed E-state index contributed by atoms with van der Waals surface area (Å²) in [6.07, 6.45) is 0. The molecular weight excluding hydrogens is 364 g/mol. The minimum Gasteiger partial charge on any atom is -0.496 e. The number of amides is 1. The van der Waals surface area contributed by atoms with Gasteiger partial charge in [0.15, 0.2) is 0 Å². The molecule has 6 heteroatoms. The second kappa shape index (κ2) is 6.06. The Bertz CT molecular complexity index is 860. The van der Waals surface area contributed by atoms with Crippen molar-refractivity contribution in [2.75, 3.05) is 12.4 Å². The average Bonchev–Trinajstić information content (AvgIpc) is 2.91. The third kappa shape index (κ3) is 2.71. The fourth-order valence-electron chi connectivity index (χ4n) is 2.19. The van der Waals surface area contributed by atoms with Crippen molar-refractivity contribution < 1.29 is 9.53 Å². The SMILES string of the molecule is COc1ccccc1C(=O)Nc1ccc2nc(C)sc2c1Br. The van der Waals surface area contributed by atoms with Gasteiger partial charge in [-0.2, -0.15) is 0 Å². The summed E-state index contributed by atoms with van der Waals surface area (Å²) in [5, 5.41) is 3.91. The number of rotatable bonds is 3. The van der Waals surface area contributed by atoms with Crippen LogP contribution in [0.3, 0.4) is 0 Å². The molecule has 0 radical (unpaired) electrons. The van der Waals surface area contributed by atoms with Crippen molar-refractivity contribution in [3.63, 3.8) is 0 Å². The van der Waals surface area contributed by atoms with E-state index >= 15 is 0 Å². The quantitative estimate of drug-likeness (QED) is 0.724. The molecule has 0 saturated heterocycles. The molecule has 1 heterocycles. The molecule has 0 aliphatic rings. The first-order valence-electron chi connectivity index (χ1n) is 6.60. The van der Waals surface area contributed by atoms with Gasteiger partial charge in [0.2, 0.25) is 0 Å². The number of benzene rings is 2. The summed E-state index contributed by atoms with van der Waals surface area (Å²) >= 11 is 5.15. The van der Waals surface area contributed by atoms with Gasteiger partial charge in [0.25, 0.3) is 5.91 Å². The molecule has 0 aliphatic carbocycles. The van der Waals surface area contributed by atoms with Gasteiger partial charge in [-0.25, -0.2) is 4.98 Å². The smallest absolute Gasteiger partial charge is 0.259 e. The van der Waals surface area contributed by atoms with Crippen molar-refractivity contribution in [1.82, 2.24) is 4.98 Å². The fourth-order valence-corrected chi connectivity index (χ4v) is 3.72. The summed E-state index contributed by atoms with van der Waals surface area (Å²) in [7, 11) is 1.55. The number of hydrogen-bond acceptors (Lipinski definition) is 4. The molecule has 3 rings (SSSR count). The molecule has 22 heavy (non-hydrogen) atoms. The van der Waals surface area contributed by atoms with Gasteiger partial charge in [0, 0.05) is 0 Å². The molecule has 0 spiro atoms. The van der Waals surface area contributed by atoms with Crippen molar-refractivity contribution in [2.45, 2.75) is 6.92 Å². The summed E-state index contributed by atoms with van der Waals surface area (Å²) in [4.78, 5) is 16.9. The Labute approximate surface area is 140 Å². The van der Waals surface area contributed by atoms with Gasteiger partial charge in [-0.15, -0.1) is 11.3 Å². The Hall–Kier alpha value is -1.92. The van der Waals surface area contributed by atoms with E-state index in [0.717, 1.165) is 19.7 Å². The molecule has 1 aromatic heterocycles. The molecule has 0 aliphatic heterocycles. The molecule has 2 aromatic carbocycles. The summed E-state index contributed by atoms with van der Waals surface area (Å²) in [6, 6.07) is 10.9. The number of ether oxygens (including phenoxy) is 1. The fraction of sp³-hybridized carbons (Fsp3) is 0.125. The zero-order chi connectivity index (χ0) is 15.7. The molecule has 0 saturated carbocycles. The Morgan fingerprint density at radius 2 is 2.05 bits per heavy atom.